The monoisotopic (exact) mass is 238 g/mol. The highest BCUT2D eigenvalue weighted by Crippen LogP contribution is 2.20. The minimum atomic E-state index is 0.605. The van der Waals surface area contributed by atoms with Crippen LogP contribution in [0.4, 0.5) is 0 Å². The SMILES string of the molecule is CCNC(CSc1ccncc1)C(C)CC. The molecule has 90 valence electrons. The first kappa shape index (κ1) is 13.5. The van der Waals surface area contributed by atoms with E-state index < -0.39 is 0 Å². The number of hydrogen-bond acceptors (Lipinski definition) is 3. The van der Waals surface area contributed by atoms with E-state index in [9.17, 15) is 0 Å². The van der Waals surface area contributed by atoms with Crippen LogP contribution in [0.5, 0.6) is 0 Å². The van der Waals surface area contributed by atoms with Gasteiger partial charge in [0.2, 0.25) is 0 Å². The molecule has 0 bridgehead atoms. The first-order chi connectivity index (χ1) is 7.77. The lowest BCUT2D eigenvalue weighted by atomic mass is 10.0. The van der Waals surface area contributed by atoms with E-state index >= 15 is 0 Å². The molecule has 0 radical (unpaired) electrons. The number of nitrogens with zero attached hydrogens (tertiary/aromatic N) is 1. The number of hydrogen-bond donors (Lipinski definition) is 1. The molecule has 16 heavy (non-hydrogen) atoms. The fraction of sp³-hybridized carbons (Fsp3) is 0.615. The van der Waals surface area contributed by atoms with Gasteiger partial charge in [0.1, 0.15) is 0 Å². The van der Waals surface area contributed by atoms with Gasteiger partial charge in [-0.3, -0.25) is 4.98 Å². The van der Waals surface area contributed by atoms with Crippen LogP contribution in [0.15, 0.2) is 29.4 Å². The maximum absolute atomic E-state index is 4.03. The lowest BCUT2D eigenvalue weighted by Gasteiger charge is -2.23. The van der Waals surface area contributed by atoms with Crippen LogP contribution in [0.2, 0.25) is 0 Å². The van der Waals surface area contributed by atoms with Crippen LogP contribution in [0, 0.1) is 5.92 Å². The Morgan fingerprint density at radius 1 is 1.31 bits per heavy atom. The topological polar surface area (TPSA) is 24.9 Å². The summed E-state index contributed by atoms with van der Waals surface area (Å²) in [6, 6.07) is 4.75. The van der Waals surface area contributed by atoms with E-state index in [2.05, 4.69) is 43.2 Å². The predicted octanol–water partition coefficient (Wildman–Crippen LogP) is 3.20. The molecular formula is C13H22N2S. The van der Waals surface area contributed by atoms with Crippen molar-refractivity contribution < 1.29 is 0 Å². The third kappa shape index (κ3) is 4.54. The summed E-state index contributed by atoms with van der Waals surface area (Å²) in [4.78, 5) is 5.34. The van der Waals surface area contributed by atoms with Crippen LogP contribution in [-0.2, 0) is 0 Å². The van der Waals surface area contributed by atoms with Crippen LogP contribution < -0.4 is 5.32 Å². The maximum atomic E-state index is 4.03. The Kier molecular flexibility index (Phi) is 6.50. The van der Waals surface area contributed by atoms with Gasteiger partial charge in [0.15, 0.2) is 0 Å². The van der Waals surface area contributed by atoms with Crippen LogP contribution in [-0.4, -0.2) is 23.3 Å². The molecule has 2 atom stereocenters. The van der Waals surface area contributed by atoms with Gasteiger partial charge in [0.25, 0.3) is 0 Å². The van der Waals surface area contributed by atoms with Gasteiger partial charge < -0.3 is 5.32 Å². The van der Waals surface area contributed by atoms with Gasteiger partial charge in [0.05, 0.1) is 0 Å². The van der Waals surface area contributed by atoms with Crippen LogP contribution >= 0.6 is 11.8 Å². The van der Waals surface area contributed by atoms with Gasteiger partial charge >= 0.3 is 0 Å². The van der Waals surface area contributed by atoms with Crippen molar-refractivity contribution in [1.29, 1.82) is 0 Å². The number of pyridine rings is 1. The Morgan fingerprint density at radius 3 is 2.56 bits per heavy atom. The molecule has 2 unspecified atom stereocenters. The van der Waals surface area contributed by atoms with E-state index in [0.29, 0.717) is 6.04 Å². The molecule has 0 saturated carbocycles. The molecule has 0 fully saturated rings. The summed E-state index contributed by atoms with van der Waals surface area (Å²) in [5.74, 6) is 1.86. The van der Waals surface area contributed by atoms with Crippen molar-refractivity contribution in [2.24, 2.45) is 5.92 Å². The molecule has 1 N–H and O–H groups in total. The Hall–Kier alpha value is -0.540. The van der Waals surface area contributed by atoms with Crippen molar-refractivity contribution in [3.05, 3.63) is 24.5 Å². The summed E-state index contributed by atoms with van der Waals surface area (Å²) in [6.07, 6.45) is 4.94. The number of rotatable bonds is 7. The van der Waals surface area contributed by atoms with Crippen LogP contribution in [0.1, 0.15) is 27.2 Å². The molecule has 2 nitrogen and oxygen atoms in total. The highest BCUT2D eigenvalue weighted by atomic mass is 32.2. The smallest absolute Gasteiger partial charge is 0.0278 e. The fourth-order valence-corrected chi connectivity index (χ4v) is 2.72. The lowest BCUT2D eigenvalue weighted by molar-refractivity contribution is 0.404. The molecule has 0 spiro atoms. The second-order valence-corrected chi connectivity index (χ2v) is 5.14. The van der Waals surface area contributed by atoms with Crippen LogP contribution in [0.3, 0.4) is 0 Å². The highest BCUT2D eigenvalue weighted by molar-refractivity contribution is 7.99. The average molecular weight is 238 g/mol. The predicted molar refractivity (Wildman–Crippen MR) is 71.9 cm³/mol. The van der Waals surface area contributed by atoms with E-state index in [1.807, 2.05) is 24.2 Å². The third-order valence-corrected chi connectivity index (χ3v) is 4.01. The zero-order chi connectivity index (χ0) is 11.8. The van der Waals surface area contributed by atoms with Gasteiger partial charge in [-0.25, -0.2) is 0 Å². The standard InChI is InChI=1S/C13H22N2S/c1-4-11(3)13(15-5-2)10-16-12-6-8-14-9-7-12/h6-9,11,13,15H,4-5,10H2,1-3H3. The molecule has 0 amide bonds. The zero-order valence-corrected chi connectivity index (χ0v) is 11.3. The van der Waals surface area contributed by atoms with Gasteiger partial charge in [-0.1, -0.05) is 27.2 Å². The van der Waals surface area contributed by atoms with Crippen molar-refractivity contribution >= 4 is 11.8 Å². The van der Waals surface area contributed by atoms with Crippen molar-refractivity contribution in [3.63, 3.8) is 0 Å². The first-order valence-corrected chi connectivity index (χ1v) is 7.02. The van der Waals surface area contributed by atoms with E-state index in [4.69, 9.17) is 0 Å². The minimum absolute atomic E-state index is 0.605. The molecule has 0 aromatic carbocycles. The molecule has 1 aromatic heterocycles. The Bertz CT molecular complexity index is 277. The average Bonchev–Trinajstić information content (AvgIpc) is 2.34. The van der Waals surface area contributed by atoms with Gasteiger partial charge in [-0.05, 0) is 24.6 Å². The zero-order valence-electron chi connectivity index (χ0n) is 10.4. The quantitative estimate of drug-likeness (QED) is 0.738. The largest absolute Gasteiger partial charge is 0.313 e. The highest BCUT2D eigenvalue weighted by Gasteiger charge is 2.14. The molecule has 0 aliphatic heterocycles. The van der Waals surface area contributed by atoms with Crippen molar-refractivity contribution in [1.82, 2.24) is 10.3 Å². The lowest BCUT2D eigenvalue weighted by Crippen LogP contribution is -2.36. The molecule has 1 rings (SSSR count). The van der Waals surface area contributed by atoms with E-state index in [1.54, 1.807) is 0 Å². The maximum Gasteiger partial charge on any atom is 0.0278 e. The molecular weight excluding hydrogens is 216 g/mol. The van der Waals surface area contributed by atoms with Crippen molar-refractivity contribution in [2.45, 2.75) is 38.1 Å². The second kappa shape index (κ2) is 7.69. The van der Waals surface area contributed by atoms with E-state index in [-0.39, 0.29) is 0 Å². The first-order valence-electron chi connectivity index (χ1n) is 6.04. The van der Waals surface area contributed by atoms with Crippen LogP contribution in [0.25, 0.3) is 0 Å². The number of thioether (sulfide) groups is 1. The van der Waals surface area contributed by atoms with Gasteiger partial charge in [0, 0.05) is 29.1 Å². The Morgan fingerprint density at radius 2 is 2.00 bits per heavy atom. The number of aromatic nitrogens is 1. The molecule has 1 heterocycles. The summed E-state index contributed by atoms with van der Waals surface area (Å²) in [5, 5.41) is 3.57. The summed E-state index contributed by atoms with van der Waals surface area (Å²) in [5.41, 5.74) is 0. The Labute approximate surface area is 103 Å². The van der Waals surface area contributed by atoms with E-state index in [1.165, 1.54) is 11.3 Å². The molecule has 3 heteroatoms. The molecule has 1 aromatic rings. The number of nitrogens with one attached hydrogen (secondary N) is 1. The van der Waals surface area contributed by atoms with Gasteiger partial charge in [-0.15, -0.1) is 11.8 Å². The van der Waals surface area contributed by atoms with Crippen molar-refractivity contribution in [2.75, 3.05) is 12.3 Å². The minimum Gasteiger partial charge on any atom is -0.313 e. The molecule has 0 aliphatic carbocycles. The third-order valence-electron chi connectivity index (χ3n) is 2.88. The fourth-order valence-electron chi connectivity index (χ4n) is 1.59. The molecule has 0 saturated heterocycles. The summed E-state index contributed by atoms with van der Waals surface area (Å²) >= 11 is 1.91. The summed E-state index contributed by atoms with van der Waals surface area (Å²) < 4.78 is 0. The van der Waals surface area contributed by atoms with E-state index in [0.717, 1.165) is 18.2 Å². The normalized spacial score (nSPS) is 14.7. The summed E-state index contributed by atoms with van der Waals surface area (Å²) in [6.45, 7) is 7.80. The second-order valence-electron chi connectivity index (χ2n) is 4.04. The summed E-state index contributed by atoms with van der Waals surface area (Å²) in [7, 11) is 0. The Balaban J connectivity index is 2.43. The van der Waals surface area contributed by atoms with Crippen molar-refractivity contribution in [3.8, 4) is 0 Å². The van der Waals surface area contributed by atoms with Gasteiger partial charge in [-0.2, -0.15) is 0 Å². The molecule has 0 aliphatic rings.